The van der Waals surface area contributed by atoms with Gasteiger partial charge in [-0.15, -0.1) is 10.2 Å². The van der Waals surface area contributed by atoms with E-state index < -0.39 is 0 Å². The van der Waals surface area contributed by atoms with Crippen LogP contribution in [0.2, 0.25) is 0 Å². The highest BCUT2D eigenvalue weighted by Gasteiger charge is 2.18. The Morgan fingerprint density at radius 3 is 2.44 bits per heavy atom. The molecule has 0 saturated carbocycles. The van der Waals surface area contributed by atoms with E-state index in [-0.39, 0.29) is 11.7 Å². The van der Waals surface area contributed by atoms with Crippen molar-refractivity contribution in [2.75, 3.05) is 25.3 Å². The van der Waals surface area contributed by atoms with Crippen LogP contribution >= 0.6 is 11.8 Å². The molecule has 32 heavy (non-hydrogen) atoms. The number of ether oxygens (including phenoxy) is 2. The summed E-state index contributed by atoms with van der Waals surface area (Å²) in [4.78, 5) is 16.6. The molecule has 4 aromatic rings. The molecule has 0 aliphatic carbocycles. The molecule has 1 N–H and O–H groups in total. The fourth-order valence-electron chi connectivity index (χ4n) is 3.06. The number of nitrogens with zero attached hydrogens (tertiary/aromatic N) is 4. The lowest BCUT2D eigenvalue weighted by molar-refractivity contribution is -0.113. The number of amides is 1. The summed E-state index contributed by atoms with van der Waals surface area (Å²) in [5.74, 6) is 2.04. The maximum Gasteiger partial charge on any atom is 0.234 e. The Morgan fingerprint density at radius 2 is 1.69 bits per heavy atom. The predicted octanol–water partition coefficient (Wildman–Crippen LogP) is 4.08. The minimum Gasteiger partial charge on any atom is -0.497 e. The van der Waals surface area contributed by atoms with Gasteiger partial charge in [0.2, 0.25) is 5.91 Å². The van der Waals surface area contributed by atoms with E-state index in [9.17, 15) is 4.79 Å². The Kier molecular flexibility index (Phi) is 6.66. The molecule has 0 spiro atoms. The van der Waals surface area contributed by atoms with Crippen LogP contribution in [-0.4, -0.2) is 45.6 Å². The second-order valence-corrected chi connectivity index (χ2v) is 7.59. The molecule has 2 aromatic carbocycles. The topological polar surface area (TPSA) is 91.2 Å². The molecule has 2 aromatic heterocycles. The normalized spacial score (nSPS) is 10.6. The summed E-state index contributed by atoms with van der Waals surface area (Å²) in [7, 11) is 3.20. The van der Waals surface area contributed by atoms with Gasteiger partial charge < -0.3 is 14.8 Å². The molecule has 4 rings (SSSR count). The van der Waals surface area contributed by atoms with E-state index >= 15 is 0 Å². The summed E-state index contributed by atoms with van der Waals surface area (Å²) in [6.07, 6.45) is 3.41. The number of aromatic nitrogens is 4. The number of carbonyl (C=O) groups is 1. The van der Waals surface area contributed by atoms with Crippen LogP contribution in [-0.2, 0) is 4.79 Å². The molecule has 162 valence electrons. The molecule has 0 aliphatic rings. The van der Waals surface area contributed by atoms with Crippen LogP contribution in [0.4, 0.5) is 5.69 Å². The third-order valence-corrected chi connectivity index (χ3v) is 5.50. The van der Waals surface area contributed by atoms with Gasteiger partial charge in [-0.25, -0.2) is 0 Å². The number of anilines is 1. The van der Waals surface area contributed by atoms with Crippen LogP contribution in [0.3, 0.4) is 0 Å². The zero-order valence-electron chi connectivity index (χ0n) is 17.6. The standard InChI is InChI=1S/C23H21N5O3S/c1-30-19-7-3-5-17(13-19)25-21(29)15-32-23-27-26-22(16-9-11-24-12-10-16)28(23)18-6-4-8-20(14-18)31-2/h3-14H,15H2,1-2H3,(H,25,29). The van der Waals surface area contributed by atoms with Gasteiger partial charge in [0.25, 0.3) is 0 Å². The van der Waals surface area contributed by atoms with Gasteiger partial charge in [-0.05, 0) is 36.4 Å². The SMILES string of the molecule is COc1cccc(NC(=O)CSc2nnc(-c3ccncc3)n2-c2cccc(OC)c2)c1. The Balaban J connectivity index is 1.59. The molecule has 0 atom stereocenters. The molecule has 0 saturated heterocycles. The number of hydrogen-bond donors (Lipinski definition) is 1. The maximum atomic E-state index is 12.6. The van der Waals surface area contributed by atoms with Crippen molar-refractivity contribution >= 4 is 23.4 Å². The molecular formula is C23H21N5O3S. The highest BCUT2D eigenvalue weighted by molar-refractivity contribution is 7.99. The Labute approximate surface area is 189 Å². The molecule has 1 amide bonds. The first-order chi connectivity index (χ1) is 15.7. The van der Waals surface area contributed by atoms with Crippen molar-refractivity contribution < 1.29 is 14.3 Å². The summed E-state index contributed by atoms with van der Waals surface area (Å²) in [5, 5.41) is 12.2. The van der Waals surface area contributed by atoms with E-state index in [0.29, 0.717) is 28.2 Å². The second kappa shape index (κ2) is 9.97. The van der Waals surface area contributed by atoms with Crippen molar-refractivity contribution in [2.24, 2.45) is 0 Å². The molecule has 2 heterocycles. The van der Waals surface area contributed by atoms with E-state index in [0.717, 1.165) is 11.3 Å². The van der Waals surface area contributed by atoms with Gasteiger partial charge in [-0.2, -0.15) is 0 Å². The minimum atomic E-state index is -0.158. The zero-order valence-corrected chi connectivity index (χ0v) is 18.4. The van der Waals surface area contributed by atoms with Gasteiger partial charge >= 0.3 is 0 Å². The van der Waals surface area contributed by atoms with E-state index in [1.807, 2.05) is 59.2 Å². The Morgan fingerprint density at radius 1 is 0.969 bits per heavy atom. The fourth-order valence-corrected chi connectivity index (χ4v) is 3.81. The third-order valence-electron chi connectivity index (χ3n) is 4.57. The first-order valence-electron chi connectivity index (χ1n) is 9.75. The second-order valence-electron chi connectivity index (χ2n) is 6.65. The van der Waals surface area contributed by atoms with Gasteiger partial charge in [0.1, 0.15) is 11.5 Å². The zero-order chi connectivity index (χ0) is 22.3. The molecule has 0 radical (unpaired) electrons. The lowest BCUT2D eigenvalue weighted by atomic mass is 10.2. The smallest absolute Gasteiger partial charge is 0.234 e. The lowest BCUT2D eigenvalue weighted by Gasteiger charge is -2.12. The van der Waals surface area contributed by atoms with Gasteiger partial charge in [0.15, 0.2) is 11.0 Å². The molecule has 0 aliphatic heterocycles. The van der Waals surface area contributed by atoms with Crippen molar-refractivity contribution in [1.29, 1.82) is 0 Å². The average Bonchev–Trinajstić information content (AvgIpc) is 3.27. The first-order valence-corrected chi connectivity index (χ1v) is 10.7. The van der Waals surface area contributed by atoms with E-state index in [4.69, 9.17) is 9.47 Å². The van der Waals surface area contributed by atoms with Crippen LogP contribution in [0.5, 0.6) is 11.5 Å². The Hall–Kier alpha value is -3.85. The molecule has 9 heteroatoms. The monoisotopic (exact) mass is 447 g/mol. The number of methoxy groups -OCH3 is 2. The third kappa shape index (κ3) is 4.89. The number of nitrogens with one attached hydrogen (secondary N) is 1. The first kappa shape index (κ1) is 21.4. The minimum absolute atomic E-state index is 0.158. The molecular weight excluding hydrogens is 426 g/mol. The quantitative estimate of drug-likeness (QED) is 0.407. The molecule has 8 nitrogen and oxygen atoms in total. The Bertz CT molecular complexity index is 1210. The van der Waals surface area contributed by atoms with Crippen molar-refractivity contribution in [1.82, 2.24) is 19.7 Å². The number of benzene rings is 2. The van der Waals surface area contributed by atoms with E-state index in [1.165, 1.54) is 11.8 Å². The van der Waals surface area contributed by atoms with Crippen molar-refractivity contribution in [2.45, 2.75) is 5.16 Å². The highest BCUT2D eigenvalue weighted by Crippen LogP contribution is 2.29. The van der Waals surface area contributed by atoms with Crippen LogP contribution < -0.4 is 14.8 Å². The largest absolute Gasteiger partial charge is 0.497 e. The number of hydrogen-bond acceptors (Lipinski definition) is 7. The molecule has 0 bridgehead atoms. The molecule has 0 unspecified atom stereocenters. The van der Waals surface area contributed by atoms with Crippen molar-refractivity contribution in [3.63, 3.8) is 0 Å². The molecule has 0 fully saturated rings. The van der Waals surface area contributed by atoms with Gasteiger partial charge in [0.05, 0.1) is 25.7 Å². The summed E-state index contributed by atoms with van der Waals surface area (Å²) in [6, 6.07) is 18.6. The number of rotatable bonds is 8. The fraction of sp³-hybridized carbons (Fsp3) is 0.130. The number of pyridine rings is 1. The number of thioether (sulfide) groups is 1. The summed E-state index contributed by atoms with van der Waals surface area (Å²) in [6.45, 7) is 0. The van der Waals surface area contributed by atoms with Crippen molar-refractivity contribution in [3.05, 3.63) is 73.1 Å². The lowest BCUT2D eigenvalue weighted by Crippen LogP contribution is -2.14. The van der Waals surface area contributed by atoms with Gasteiger partial charge in [-0.1, -0.05) is 23.9 Å². The summed E-state index contributed by atoms with van der Waals surface area (Å²) in [5.41, 5.74) is 2.36. The van der Waals surface area contributed by atoms with Crippen LogP contribution in [0.25, 0.3) is 17.1 Å². The summed E-state index contributed by atoms with van der Waals surface area (Å²) < 4.78 is 12.5. The van der Waals surface area contributed by atoms with E-state index in [1.54, 1.807) is 32.7 Å². The summed E-state index contributed by atoms with van der Waals surface area (Å²) >= 11 is 1.30. The predicted molar refractivity (Wildman–Crippen MR) is 123 cm³/mol. The average molecular weight is 448 g/mol. The maximum absolute atomic E-state index is 12.6. The van der Waals surface area contributed by atoms with Gasteiger partial charge in [-0.3, -0.25) is 14.3 Å². The van der Waals surface area contributed by atoms with E-state index in [2.05, 4.69) is 20.5 Å². The van der Waals surface area contributed by atoms with Crippen LogP contribution in [0.1, 0.15) is 0 Å². The number of carbonyl (C=O) groups excluding carboxylic acids is 1. The van der Waals surface area contributed by atoms with Crippen molar-refractivity contribution in [3.8, 4) is 28.6 Å². The highest BCUT2D eigenvalue weighted by atomic mass is 32.2. The van der Waals surface area contributed by atoms with Crippen LogP contribution in [0, 0.1) is 0 Å². The van der Waals surface area contributed by atoms with Gasteiger partial charge in [0, 0.05) is 35.8 Å². The van der Waals surface area contributed by atoms with Crippen LogP contribution in [0.15, 0.2) is 78.2 Å².